The Morgan fingerprint density at radius 1 is 1.05 bits per heavy atom. The lowest BCUT2D eigenvalue weighted by atomic mass is 9.46. The molecule has 0 radical (unpaired) electrons. The molecule has 1 N–H and O–H groups in total. The molecule has 13 heteroatoms. The topological polar surface area (TPSA) is 145 Å². The molecule has 1 aliphatic heterocycles. The van der Waals surface area contributed by atoms with Gasteiger partial charge in [0.1, 0.15) is 16.9 Å². The number of methoxy groups -OCH3 is 1. The summed E-state index contributed by atoms with van der Waals surface area (Å²) in [5, 5.41) is 11.7. The number of ether oxygens (including phenoxy) is 3. The van der Waals surface area contributed by atoms with Crippen molar-refractivity contribution in [3.05, 3.63) is 57.7 Å². The number of Topliss-reactive ketones (excluding diaryl/α,β-unsaturated/α-hetero) is 1. The van der Waals surface area contributed by atoms with Gasteiger partial charge in [0.05, 0.1) is 24.1 Å². The minimum absolute atomic E-state index is 0.0170. The SMILES string of the molecule is COc1c(N2CCN(C(=O)OC(C)(C)C)C(C)C2)c(F)cc2c(=O)c(C(=O)OCC(=O)C3CCC4C5CCC6=CC(=O)C=CC6(C)C5C(O)CC34C)cn(C3CC3)c12. The summed E-state index contributed by atoms with van der Waals surface area (Å²) in [6, 6.07) is 0.782. The number of aliphatic hydroxyl groups is 1. The molecule has 1 aromatic carbocycles. The van der Waals surface area contributed by atoms with Gasteiger partial charge in [-0.2, -0.15) is 0 Å². The van der Waals surface area contributed by atoms with Gasteiger partial charge in [0, 0.05) is 55.2 Å². The van der Waals surface area contributed by atoms with Crippen LogP contribution in [-0.4, -0.2) is 89.3 Å². The molecule has 8 unspecified atom stereocenters. The predicted molar refractivity (Wildman–Crippen MR) is 214 cm³/mol. The van der Waals surface area contributed by atoms with Crippen LogP contribution in [0.25, 0.3) is 10.9 Å². The van der Waals surface area contributed by atoms with Gasteiger partial charge in [0.25, 0.3) is 0 Å². The molecule has 4 saturated carbocycles. The first-order valence-corrected chi connectivity index (χ1v) is 20.9. The molecule has 1 amide bonds. The molecule has 0 bridgehead atoms. The Kier molecular flexibility index (Phi) is 9.96. The van der Waals surface area contributed by atoms with E-state index < -0.39 is 58.4 Å². The Morgan fingerprint density at radius 2 is 1.79 bits per heavy atom. The minimum atomic E-state index is -0.952. The first kappa shape index (κ1) is 40.3. The van der Waals surface area contributed by atoms with Crippen molar-refractivity contribution in [2.45, 2.75) is 110 Å². The third-order valence-electron chi connectivity index (χ3n) is 14.4. The number of anilines is 1. The number of rotatable bonds is 7. The van der Waals surface area contributed by atoms with E-state index in [1.54, 1.807) is 42.4 Å². The number of carbonyl (C=O) groups excluding carboxylic acids is 4. The highest BCUT2D eigenvalue weighted by Gasteiger charge is 2.62. The summed E-state index contributed by atoms with van der Waals surface area (Å²) in [6.45, 7) is 11.8. The second-order valence-electron chi connectivity index (χ2n) is 19.1. The molecule has 1 saturated heterocycles. The van der Waals surface area contributed by atoms with Crippen LogP contribution in [0.4, 0.5) is 14.9 Å². The van der Waals surface area contributed by atoms with E-state index >= 15 is 4.39 Å². The summed E-state index contributed by atoms with van der Waals surface area (Å²) in [7, 11) is 1.42. The largest absolute Gasteiger partial charge is 0.492 e. The van der Waals surface area contributed by atoms with Gasteiger partial charge in [-0.15, -0.1) is 0 Å². The number of esters is 1. The molecule has 1 aromatic heterocycles. The Bertz CT molecular complexity index is 2200. The number of carbonyl (C=O) groups is 4. The Labute approximate surface area is 338 Å². The van der Waals surface area contributed by atoms with E-state index in [4.69, 9.17) is 14.2 Å². The molecule has 8 rings (SSSR count). The maximum atomic E-state index is 16.3. The average Bonchev–Trinajstić information content (AvgIpc) is 3.94. The number of benzene rings is 1. The molecule has 5 fully saturated rings. The fraction of sp³-hybridized carbons (Fsp3) is 0.622. The van der Waals surface area contributed by atoms with Crippen LogP contribution >= 0.6 is 0 Å². The summed E-state index contributed by atoms with van der Waals surface area (Å²) in [5.41, 5.74) is -0.956. The van der Waals surface area contributed by atoms with Crippen LogP contribution in [0, 0.1) is 40.3 Å². The second-order valence-corrected chi connectivity index (χ2v) is 19.1. The summed E-state index contributed by atoms with van der Waals surface area (Å²) < 4.78 is 35.2. The number of hydrogen-bond acceptors (Lipinski definition) is 10. The number of hydrogen-bond donors (Lipinski definition) is 1. The van der Waals surface area contributed by atoms with E-state index in [2.05, 4.69) is 13.8 Å². The molecule has 8 atom stereocenters. The lowest BCUT2D eigenvalue weighted by Crippen LogP contribution is -2.56. The van der Waals surface area contributed by atoms with Crippen molar-refractivity contribution in [3.63, 3.8) is 0 Å². The van der Waals surface area contributed by atoms with Crippen molar-refractivity contribution in [2.75, 3.05) is 38.3 Å². The molecule has 5 aliphatic carbocycles. The van der Waals surface area contributed by atoms with Gasteiger partial charge in [0.15, 0.2) is 29.7 Å². The average molecular weight is 802 g/mol. The molecule has 312 valence electrons. The number of aliphatic hydroxyl groups excluding tert-OH is 1. The summed E-state index contributed by atoms with van der Waals surface area (Å²) in [5.74, 6) is -1.86. The Hall–Kier alpha value is -4.52. The third-order valence-corrected chi connectivity index (χ3v) is 14.4. The van der Waals surface area contributed by atoms with Gasteiger partial charge < -0.3 is 33.7 Å². The quantitative estimate of drug-likeness (QED) is 0.306. The number of piperazine rings is 1. The van der Waals surface area contributed by atoms with E-state index in [9.17, 15) is 29.1 Å². The van der Waals surface area contributed by atoms with Gasteiger partial charge in [-0.3, -0.25) is 14.4 Å². The van der Waals surface area contributed by atoms with E-state index in [0.29, 0.717) is 31.4 Å². The van der Waals surface area contributed by atoms with Crippen LogP contribution in [0.5, 0.6) is 5.75 Å². The highest BCUT2D eigenvalue weighted by Crippen LogP contribution is 2.66. The maximum absolute atomic E-state index is 16.3. The van der Waals surface area contributed by atoms with Crippen LogP contribution in [0.3, 0.4) is 0 Å². The van der Waals surface area contributed by atoms with Gasteiger partial charge in [-0.25, -0.2) is 14.0 Å². The highest BCUT2D eigenvalue weighted by molar-refractivity contribution is 6.01. The number of allylic oxidation sites excluding steroid dienone is 4. The number of pyridine rings is 1. The fourth-order valence-electron chi connectivity index (χ4n) is 11.6. The highest BCUT2D eigenvalue weighted by atomic mass is 19.1. The molecule has 2 aromatic rings. The van der Waals surface area contributed by atoms with Crippen molar-refractivity contribution in [2.24, 2.45) is 34.5 Å². The number of amides is 1. The number of ketones is 2. The zero-order valence-electron chi connectivity index (χ0n) is 34.6. The lowest BCUT2D eigenvalue weighted by molar-refractivity contribution is -0.141. The Balaban J connectivity index is 1.01. The maximum Gasteiger partial charge on any atom is 0.410 e. The van der Waals surface area contributed by atoms with Crippen LogP contribution in [0.1, 0.15) is 103 Å². The standard InChI is InChI=1S/C45H56FN3O9/c1-24-21-47(16-17-48(24)42(55)58-43(2,3)4)38-33(46)19-29-37(40(38)56-7)49(26-9-10-26)22-30(39(29)53)41(54)57-23-35(52)32-13-12-31-28-11-8-25-18-27(50)14-15-44(25,5)36(28)34(51)20-45(31,32)6/h14-15,18-19,22,24,26,28,31-32,34,36,51H,8-13,16-17,20-21,23H2,1-7H3. The first-order valence-electron chi connectivity index (χ1n) is 20.9. The smallest absolute Gasteiger partial charge is 0.410 e. The van der Waals surface area contributed by atoms with E-state index in [-0.39, 0.29) is 70.3 Å². The van der Waals surface area contributed by atoms with Gasteiger partial charge in [-0.1, -0.05) is 25.5 Å². The zero-order chi connectivity index (χ0) is 41.6. The molecule has 12 nitrogen and oxygen atoms in total. The lowest BCUT2D eigenvalue weighted by Gasteiger charge is -2.58. The van der Waals surface area contributed by atoms with Gasteiger partial charge >= 0.3 is 12.1 Å². The molecular weight excluding hydrogens is 746 g/mol. The minimum Gasteiger partial charge on any atom is -0.492 e. The second kappa shape index (κ2) is 14.3. The van der Waals surface area contributed by atoms with Gasteiger partial charge in [0.2, 0.25) is 5.43 Å². The number of nitrogens with zero attached hydrogens (tertiary/aromatic N) is 3. The van der Waals surface area contributed by atoms with Crippen LogP contribution in [0.15, 0.2) is 40.9 Å². The summed E-state index contributed by atoms with van der Waals surface area (Å²) in [6.07, 6.45) is 10.7. The van der Waals surface area contributed by atoms with Crippen molar-refractivity contribution in [1.29, 1.82) is 0 Å². The van der Waals surface area contributed by atoms with Crippen LogP contribution in [0.2, 0.25) is 0 Å². The monoisotopic (exact) mass is 801 g/mol. The molecule has 2 heterocycles. The van der Waals surface area contributed by atoms with Crippen molar-refractivity contribution >= 4 is 40.2 Å². The number of aromatic nitrogens is 1. The van der Waals surface area contributed by atoms with E-state index in [0.717, 1.165) is 43.7 Å². The number of halogens is 1. The normalized spacial score (nSPS) is 31.9. The van der Waals surface area contributed by atoms with Gasteiger partial charge in [-0.05, 0) is 108 Å². The van der Waals surface area contributed by atoms with Crippen molar-refractivity contribution < 1.29 is 42.9 Å². The van der Waals surface area contributed by atoms with Crippen LogP contribution in [-0.2, 0) is 19.1 Å². The summed E-state index contributed by atoms with van der Waals surface area (Å²) in [4.78, 5) is 70.3. The third kappa shape index (κ3) is 6.65. The van der Waals surface area contributed by atoms with Crippen molar-refractivity contribution in [3.8, 4) is 5.75 Å². The van der Waals surface area contributed by atoms with Crippen molar-refractivity contribution in [1.82, 2.24) is 9.47 Å². The number of fused-ring (bicyclic) bond motifs is 6. The molecule has 58 heavy (non-hydrogen) atoms. The predicted octanol–water partition coefficient (Wildman–Crippen LogP) is 6.55. The van der Waals surface area contributed by atoms with Crippen LogP contribution < -0.4 is 15.1 Å². The molecular formula is C45H56FN3O9. The molecule has 6 aliphatic rings. The van der Waals surface area contributed by atoms with E-state index in [1.807, 2.05) is 17.9 Å². The summed E-state index contributed by atoms with van der Waals surface area (Å²) >= 11 is 0. The fourth-order valence-corrected chi connectivity index (χ4v) is 11.6. The Morgan fingerprint density at radius 3 is 2.47 bits per heavy atom. The molecule has 0 spiro atoms. The van der Waals surface area contributed by atoms with E-state index in [1.165, 1.54) is 13.3 Å². The first-order chi connectivity index (χ1) is 27.4. The zero-order valence-corrected chi connectivity index (χ0v) is 34.6.